The summed E-state index contributed by atoms with van der Waals surface area (Å²) in [6, 6.07) is 24.7. The highest BCUT2D eigenvalue weighted by Gasteiger charge is 2.12. The van der Waals surface area contributed by atoms with Crippen LogP contribution in [0.2, 0.25) is 0 Å². The molecule has 0 saturated heterocycles. The summed E-state index contributed by atoms with van der Waals surface area (Å²) in [4.78, 5) is 9.86. The number of rotatable bonds is 5. The van der Waals surface area contributed by atoms with Crippen LogP contribution in [0.25, 0.3) is 22.4 Å². The molecule has 0 amide bonds. The molecule has 0 fully saturated rings. The molecule has 3 nitrogen and oxygen atoms in total. The summed E-state index contributed by atoms with van der Waals surface area (Å²) in [6.45, 7) is 2.05. The molecule has 3 rings (SSSR count). The maximum absolute atomic E-state index is 4.96. The van der Waals surface area contributed by atoms with Gasteiger partial charge in [-0.1, -0.05) is 72.7 Å². The summed E-state index contributed by atoms with van der Waals surface area (Å²) >= 11 is 0. The van der Waals surface area contributed by atoms with Crippen molar-refractivity contribution in [3.05, 3.63) is 78.5 Å². The van der Waals surface area contributed by atoms with Crippen molar-refractivity contribution in [2.75, 3.05) is 7.11 Å². The van der Waals surface area contributed by atoms with E-state index in [1.807, 2.05) is 49.4 Å². The Morgan fingerprint density at radius 1 is 0.875 bits per heavy atom. The maximum atomic E-state index is 4.96. The summed E-state index contributed by atoms with van der Waals surface area (Å²) in [5.74, 6) is 0. The van der Waals surface area contributed by atoms with Crippen LogP contribution in [0.15, 0.2) is 78.0 Å². The number of hydrogen-bond acceptors (Lipinski definition) is 3. The maximum Gasteiger partial charge on any atom is 0.106 e. The van der Waals surface area contributed by atoms with Crippen molar-refractivity contribution in [3.63, 3.8) is 0 Å². The summed E-state index contributed by atoms with van der Waals surface area (Å²) in [6.07, 6.45) is 0.764. The molecule has 3 heteroatoms. The van der Waals surface area contributed by atoms with Gasteiger partial charge in [-0.05, 0) is 24.1 Å². The van der Waals surface area contributed by atoms with Crippen molar-refractivity contribution in [1.82, 2.24) is 4.98 Å². The van der Waals surface area contributed by atoms with Crippen molar-refractivity contribution in [2.45, 2.75) is 13.3 Å². The van der Waals surface area contributed by atoms with E-state index < -0.39 is 0 Å². The van der Waals surface area contributed by atoms with E-state index in [1.54, 1.807) is 7.11 Å². The lowest BCUT2D eigenvalue weighted by Gasteiger charge is -2.12. The number of hydrogen-bond donors (Lipinski definition) is 0. The Morgan fingerprint density at radius 3 is 2.08 bits per heavy atom. The van der Waals surface area contributed by atoms with E-state index in [2.05, 4.69) is 35.5 Å². The fourth-order valence-electron chi connectivity index (χ4n) is 2.69. The molecule has 3 aromatic rings. The average Bonchev–Trinajstić information content (AvgIpc) is 2.67. The Balaban J connectivity index is 2.19. The zero-order valence-corrected chi connectivity index (χ0v) is 13.9. The van der Waals surface area contributed by atoms with Gasteiger partial charge in [-0.15, -0.1) is 0 Å². The van der Waals surface area contributed by atoms with Gasteiger partial charge in [0.1, 0.15) is 12.8 Å². The van der Waals surface area contributed by atoms with Crippen LogP contribution in [0.3, 0.4) is 0 Å². The Morgan fingerprint density at radius 2 is 1.50 bits per heavy atom. The second-order valence-electron chi connectivity index (χ2n) is 5.40. The van der Waals surface area contributed by atoms with Crippen LogP contribution < -0.4 is 0 Å². The van der Waals surface area contributed by atoms with Gasteiger partial charge >= 0.3 is 0 Å². The van der Waals surface area contributed by atoms with Gasteiger partial charge in [0.2, 0.25) is 0 Å². The van der Waals surface area contributed by atoms with Crippen LogP contribution in [0.5, 0.6) is 0 Å². The van der Waals surface area contributed by atoms with Crippen LogP contribution >= 0.6 is 0 Å². The fraction of sp³-hybridized carbons (Fsp3) is 0.143. The van der Waals surface area contributed by atoms with Crippen molar-refractivity contribution in [3.8, 4) is 22.4 Å². The first-order chi connectivity index (χ1) is 11.8. The van der Waals surface area contributed by atoms with Crippen LogP contribution in [0, 0.1) is 0 Å². The zero-order valence-electron chi connectivity index (χ0n) is 13.9. The molecule has 0 aliphatic rings. The number of benzene rings is 2. The monoisotopic (exact) mass is 316 g/mol. The Bertz CT molecular complexity index is 827. The Hall–Kier alpha value is -2.94. The third kappa shape index (κ3) is 3.35. The summed E-state index contributed by atoms with van der Waals surface area (Å²) in [7, 11) is 1.56. The molecule has 0 aliphatic heterocycles. The molecule has 1 aromatic heterocycles. The smallest absolute Gasteiger partial charge is 0.106 e. The number of pyridine rings is 1. The standard InChI is InChI=1S/C21H20N2O/c1-3-19(23-24-2)20-15-14-18(16-10-6-4-7-11-16)21(22-20)17-12-8-5-9-13-17/h4-15H,3H2,1-2H3/b23-19-. The molecule has 0 bridgehead atoms. The van der Waals surface area contributed by atoms with Crippen molar-refractivity contribution >= 4 is 5.71 Å². The van der Waals surface area contributed by atoms with Gasteiger partial charge in [0.05, 0.1) is 11.4 Å². The highest BCUT2D eigenvalue weighted by molar-refractivity contribution is 5.99. The molecule has 1 heterocycles. The lowest BCUT2D eigenvalue weighted by molar-refractivity contribution is 0.213. The first-order valence-electron chi connectivity index (χ1n) is 8.05. The molecular weight excluding hydrogens is 296 g/mol. The van der Waals surface area contributed by atoms with Crippen molar-refractivity contribution in [2.24, 2.45) is 5.16 Å². The molecule has 0 atom stereocenters. The molecule has 0 saturated carbocycles. The first-order valence-corrected chi connectivity index (χ1v) is 8.05. The largest absolute Gasteiger partial charge is 0.399 e. The van der Waals surface area contributed by atoms with Gasteiger partial charge in [0, 0.05) is 11.1 Å². The van der Waals surface area contributed by atoms with Gasteiger partial charge in [-0.2, -0.15) is 0 Å². The summed E-state index contributed by atoms with van der Waals surface area (Å²) in [5, 5.41) is 4.10. The normalized spacial score (nSPS) is 11.3. The lowest BCUT2D eigenvalue weighted by atomic mass is 9.98. The van der Waals surface area contributed by atoms with Crippen LogP contribution in [0.1, 0.15) is 19.0 Å². The summed E-state index contributed by atoms with van der Waals surface area (Å²) < 4.78 is 0. The van der Waals surface area contributed by atoms with Crippen molar-refractivity contribution in [1.29, 1.82) is 0 Å². The van der Waals surface area contributed by atoms with Gasteiger partial charge in [-0.3, -0.25) is 0 Å². The molecule has 120 valence electrons. The molecular formula is C21H20N2O. The quantitative estimate of drug-likeness (QED) is 0.480. The lowest BCUT2D eigenvalue weighted by Crippen LogP contribution is -2.04. The predicted molar refractivity (Wildman–Crippen MR) is 98.9 cm³/mol. The fourth-order valence-corrected chi connectivity index (χ4v) is 2.69. The molecule has 0 N–H and O–H groups in total. The van der Waals surface area contributed by atoms with Gasteiger partial charge in [-0.25, -0.2) is 4.98 Å². The van der Waals surface area contributed by atoms with Crippen LogP contribution in [0.4, 0.5) is 0 Å². The topological polar surface area (TPSA) is 34.5 Å². The third-order valence-corrected chi connectivity index (χ3v) is 3.86. The van der Waals surface area contributed by atoms with E-state index in [1.165, 1.54) is 0 Å². The highest BCUT2D eigenvalue weighted by atomic mass is 16.6. The number of oxime groups is 1. The Labute approximate surface area is 142 Å². The number of nitrogens with zero attached hydrogens (tertiary/aromatic N) is 2. The molecule has 0 aliphatic carbocycles. The number of aromatic nitrogens is 1. The molecule has 0 unspecified atom stereocenters. The second kappa shape index (κ2) is 7.55. The van der Waals surface area contributed by atoms with Gasteiger partial charge < -0.3 is 4.84 Å². The van der Waals surface area contributed by atoms with E-state index in [9.17, 15) is 0 Å². The second-order valence-corrected chi connectivity index (χ2v) is 5.40. The third-order valence-electron chi connectivity index (χ3n) is 3.86. The predicted octanol–water partition coefficient (Wildman–Crippen LogP) is 5.18. The van der Waals surface area contributed by atoms with E-state index in [4.69, 9.17) is 9.82 Å². The minimum Gasteiger partial charge on any atom is -0.399 e. The molecule has 0 spiro atoms. The minimum atomic E-state index is 0.764. The van der Waals surface area contributed by atoms with E-state index >= 15 is 0 Å². The van der Waals surface area contributed by atoms with Crippen LogP contribution in [-0.4, -0.2) is 17.8 Å². The minimum absolute atomic E-state index is 0.764. The molecule has 2 aromatic carbocycles. The van der Waals surface area contributed by atoms with E-state index in [0.717, 1.165) is 40.2 Å². The molecule has 24 heavy (non-hydrogen) atoms. The molecule has 0 radical (unpaired) electrons. The zero-order chi connectivity index (χ0) is 16.8. The van der Waals surface area contributed by atoms with E-state index in [-0.39, 0.29) is 0 Å². The Kier molecular flexibility index (Phi) is 5.02. The van der Waals surface area contributed by atoms with E-state index in [0.29, 0.717) is 0 Å². The van der Waals surface area contributed by atoms with Crippen LogP contribution in [-0.2, 0) is 4.84 Å². The SMILES string of the molecule is CC/C(=N/OC)c1ccc(-c2ccccc2)c(-c2ccccc2)n1. The first kappa shape index (κ1) is 15.9. The van der Waals surface area contributed by atoms with Gasteiger partial charge in [0.15, 0.2) is 0 Å². The summed E-state index contributed by atoms with van der Waals surface area (Å²) in [5.41, 5.74) is 5.99. The average molecular weight is 316 g/mol. The van der Waals surface area contributed by atoms with Gasteiger partial charge in [0.25, 0.3) is 0 Å². The van der Waals surface area contributed by atoms with Crippen molar-refractivity contribution < 1.29 is 4.84 Å². The highest BCUT2D eigenvalue weighted by Crippen LogP contribution is 2.30.